The number of hydrogen-bond donors (Lipinski definition) is 0. The molecule has 0 N–H and O–H groups in total. The van der Waals surface area contributed by atoms with Gasteiger partial charge in [0.05, 0.1) is 16.6 Å². The van der Waals surface area contributed by atoms with Gasteiger partial charge in [-0.3, -0.25) is 0 Å². The first-order valence-corrected chi connectivity index (χ1v) is 12.1. The second-order valence-electron chi connectivity index (χ2n) is 9.07. The number of rotatable bonds is 4. The van der Waals surface area contributed by atoms with Crippen molar-refractivity contribution in [1.82, 2.24) is 9.13 Å². The molecule has 2 aromatic heterocycles. The monoisotopic (exact) mass is 448 g/mol. The van der Waals surface area contributed by atoms with Crippen molar-refractivity contribution in [1.29, 1.82) is 0 Å². The van der Waals surface area contributed by atoms with Crippen LogP contribution >= 0.6 is 0 Å². The average molecular weight is 449 g/mol. The number of benzene rings is 5. The Morgan fingerprint density at radius 3 is 1.97 bits per heavy atom. The molecule has 0 bridgehead atoms. The minimum Gasteiger partial charge on any atom is -0.342 e. The summed E-state index contributed by atoms with van der Waals surface area (Å²) in [5.74, 6) is 0. The third-order valence-corrected chi connectivity index (χ3v) is 6.95. The second-order valence-corrected chi connectivity index (χ2v) is 9.07. The van der Waals surface area contributed by atoms with Gasteiger partial charge in [0, 0.05) is 40.2 Å². The Balaban J connectivity index is 1.66. The summed E-state index contributed by atoms with van der Waals surface area (Å²) >= 11 is 0. The summed E-state index contributed by atoms with van der Waals surface area (Å²) in [7, 11) is 0. The summed E-state index contributed by atoms with van der Waals surface area (Å²) in [6.07, 6.45) is 2.23. The summed E-state index contributed by atoms with van der Waals surface area (Å²) in [5, 5.41) is 3.83. The maximum atomic E-state index is 2.44. The van der Waals surface area contributed by atoms with Crippen LogP contribution in [0.5, 0.6) is 0 Å². The van der Waals surface area contributed by atoms with Crippen molar-refractivity contribution in [2.24, 2.45) is 0 Å². The second kappa shape index (κ2) is 8.03. The topological polar surface area (TPSA) is 9.86 Å². The van der Waals surface area contributed by atoms with E-state index in [0.717, 1.165) is 6.54 Å². The fourth-order valence-corrected chi connectivity index (χ4v) is 5.45. The number of nitrogens with zero attached hydrogens (tertiary/aromatic N) is 2. The zero-order chi connectivity index (χ0) is 23.2. The van der Waals surface area contributed by atoms with Crippen LogP contribution in [0.3, 0.4) is 0 Å². The predicted molar refractivity (Wildman–Crippen MR) is 147 cm³/mol. The lowest BCUT2D eigenvalue weighted by molar-refractivity contribution is 0.838. The summed E-state index contributed by atoms with van der Waals surface area (Å²) in [4.78, 5) is 0. The molecule has 5 aromatic carbocycles. The van der Waals surface area contributed by atoms with Gasteiger partial charge >= 0.3 is 0 Å². The number of para-hydroxylation sites is 2. The highest BCUT2D eigenvalue weighted by Gasteiger charge is 2.21. The van der Waals surface area contributed by atoms with Gasteiger partial charge in [0.2, 0.25) is 0 Å². The van der Waals surface area contributed by atoms with E-state index in [1.165, 1.54) is 55.1 Å². The van der Waals surface area contributed by atoms with Crippen LogP contribution in [-0.2, 0) is 6.54 Å². The molecule has 7 aromatic rings. The summed E-state index contributed by atoms with van der Waals surface area (Å²) in [5.41, 5.74) is 8.74. The molecular weight excluding hydrogens is 424 g/mol. The fraction of sp³-hybridized carbons (Fsp3) is 0.0303. The lowest BCUT2D eigenvalue weighted by atomic mass is 9.98. The van der Waals surface area contributed by atoms with Crippen LogP contribution in [0, 0.1) is 0 Å². The van der Waals surface area contributed by atoms with E-state index in [2.05, 4.69) is 143 Å². The summed E-state index contributed by atoms with van der Waals surface area (Å²) in [6.45, 7) is 0.835. The van der Waals surface area contributed by atoms with E-state index in [0.29, 0.717) is 0 Å². The van der Waals surface area contributed by atoms with Crippen molar-refractivity contribution in [2.75, 3.05) is 0 Å². The van der Waals surface area contributed by atoms with Gasteiger partial charge in [0.25, 0.3) is 0 Å². The van der Waals surface area contributed by atoms with Gasteiger partial charge in [-0.2, -0.15) is 0 Å². The molecule has 0 saturated heterocycles. The van der Waals surface area contributed by atoms with E-state index in [1.54, 1.807) is 0 Å². The van der Waals surface area contributed by atoms with Gasteiger partial charge in [-0.05, 0) is 41.5 Å². The normalized spacial score (nSPS) is 11.5. The van der Waals surface area contributed by atoms with Crippen LogP contribution in [0.4, 0.5) is 0 Å². The molecule has 0 amide bonds. The number of hydrogen-bond acceptors (Lipinski definition) is 0. The molecule has 0 fully saturated rings. The van der Waals surface area contributed by atoms with Gasteiger partial charge in [0.15, 0.2) is 0 Å². The smallest absolute Gasteiger partial charge is 0.0640 e. The van der Waals surface area contributed by atoms with Crippen LogP contribution in [0.15, 0.2) is 134 Å². The van der Waals surface area contributed by atoms with E-state index in [-0.39, 0.29) is 0 Å². The van der Waals surface area contributed by atoms with Crippen LogP contribution < -0.4 is 0 Å². The molecule has 7 rings (SSSR count). The molecule has 0 atom stereocenters. The van der Waals surface area contributed by atoms with Crippen LogP contribution in [0.2, 0.25) is 0 Å². The van der Waals surface area contributed by atoms with Crippen LogP contribution in [-0.4, -0.2) is 9.13 Å². The van der Waals surface area contributed by atoms with E-state index in [9.17, 15) is 0 Å². The van der Waals surface area contributed by atoms with Crippen molar-refractivity contribution >= 4 is 32.7 Å². The Morgan fingerprint density at radius 2 is 1.20 bits per heavy atom. The Labute approximate surface area is 204 Å². The molecule has 0 spiro atoms. The Kier molecular flexibility index (Phi) is 4.56. The highest BCUT2D eigenvalue weighted by molar-refractivity contribution is 6.20. The first kappa shape index (κ1) is 19.9. The Hall–Kier alpha value is -4.56. The molecule has 2 heterocycles. The van der Waals surface area contributed by atoms with Crippen LogP contribution in [0.25, 0.3) is 49.5 Å². The van der Waals surface area contributed by atoms with E-state index < -0.39 is 0 Å². The third-order valence-electron chi connectivity index (χ3n) is 6.95. The van der Waals surface area contributed by atoms with Crippen molar-refractivity contribution in [3.8, 4) is 16.8 Å². The lowest BCUT2D eigenvalue weighted by Gasteiger charge is -2.15. The molecule has 0 aliphatic rings. The summed E-state index contributed by atoms with van der Waals surface area (Å²) < 4.78 is 4.84. The molecule has 0 aliphatic heterocycles. The SMILES string of the molecule is c1ccc(Cn2ccc3cc4c5ccccc5n(-c5ccccc5)c4c(-c4ccccc4)c32)cc1. The molecule has 0 radical (unpaired) electrons. The van der Waals surface area contributed by atoms with Crippen LogP contribution in [0.1, 0.15) is 5.56 Å². The maximum absolute atomic E-state index is 2.44. The number of aromatic nitrogens is 2. The van der Waals surface area contributed by atoms with Gasteiger partial charge in [-0.15, -0.1) is 0 Å². The summed E-state index contributed by atoms with van der Waals surface area (Å²) in [6, 6.07) is 45.7. The standard InChI is InChI=1S/C33H24N2/c1-4-12-24(13-5-1)23-34-21-20-26-22-29-28-18-10-11-19-30(28)35(27-16-8-3-9-17-27)33(29)31(32(26)34)25-14-6-2-7-15-25/h1-22H,23H2. The first-order chi connectivity index (χ1) is 17.4. The van der Waals surface area contributed by atoms with E-state index in [1.807, 2.05) is 0 Å². The van der Waals surface area contributed by atoms with Gasteiger partial charge in [-0.25, -0.2) is 0 Å². The molecule has 35 heavy (non-hydrogen) atoms. The zero-order valence-corrected chi connectivity index (χ0v) is 19.3. The Bertz CT molecular complexity index is 1790. The Morgan fingerprint density at radius 1 is 0.543 bits per heavy atom. The molecule has 0 aliphatic carbocycles. The van der Waals surface area contributed by atoms with Gasteiger partial charge in [0.1, 0.15) is 0 Å². The van der Waals surface area contributed by atoms with Gasteiger partial charge < -0.3 is 9.13 Å². The highest BCUT2D eigenvalue weighted by Crippen LogP contribution is 2.42. The van der Waals surface area contributed by atoms with Crippen molar-refractivity contribution in [3.05, 3.63) is 139 Å². The fourth-order valence-electron chi connectivity index (χ4n) is 5.45. The van der Waals surface area contributed by atoms with E-state index >= 15 is 0 Å². The van der Waals surface area contributed by atoms with Gasteiger partial charge in [-0.1, -0.05) is 97.1 Å². The third kappa shape index (κ3) is 3.18. The highest BCUT2D eigenvalue weighted by atomic mass is 15.0. The average Bonchev–Trinajstić information content (AvgIpc) is 3.48. The minimum absolute atomic E-state index is 0.835. The molecule has 2 heteroatoms. The van der Waals surface area contributed by atoms with E-state index in [4.69, 9.17) is 0 Å². The quantitative estimate of drug-likeness (QED) is 0.256. The largest absolute Gasteiger partial charge is 0.342 e. The molecule has 0 unspecified atom stereocenters. The molecule has 0 saturated carbocycles. The first-order valence-electron chi connectivity index (χ1n) is 12.1. The zero-order valence-electron chi connectivity index (χ0n) is 19.3. The lowest BCUT2D eigenvalue weighted by Crippen LogP contribution is -2.01. The number of fused-ring (bicyclic) bond motifs is 4. The van der Waals surface area contributed by atoms with Crippen molar-refractivity contribution < 1.29 is 0 Å². The van der Waals surface area contributed by atoms with Crippen molar-refractivity contribution in [2.45, 2.75) is 6.54 Å². The molecule has 166 valence electrons. The predicted octanol–water partition coefficient (Wildman–Crippen LogP) is 8.45. The molecular formula is C33H24N2. The maximum Gasteiger partial charge on any atom is 0.0640 e. The molecule has 2 nitrogen and oxygen atoms in total. The van der Waals surface area contributed by atoms with Crippen molar-refractivity contribution in [3.63, 3.8) is 0 Å². The minimum atomic E-state index is 0.835.